The third-order valence-corrected chi connectivity index (χ3v) is 6.86. The summed E-state index contributed by atoms with van der Waals surface area (Å²) in [4.78, 5) is 5.01. The maximum atomic E-state index is 9.91. The minimum atomic E-state index is -0.268. The summed E-state index contributed by atoms with van der Waals surface area (Å²) in [7, 11) is 0. The van der Waals surface area contributed by atoms with Crippen molar-refractivity contribution in [3.8, 4) is 0 Å². The summed E-state index contributed by atoms with van der Waals surface area (Å²) in [6.45, 7) is 18.0. The fourth-order valence-electron chi connectivity index (χ4n) is 5.86. The van der Waals surface area contributed by atoms with E-state index in [9.17, 15) is 5.11 Å². The Labute approximate surface area is 178 Å². The first-order valence-electron chi connectivity index (χ1n) is 10.8. The largest absolute Gasteiger partial charge is 0.392 e. The number of nitrogens with zero attached hydrogens (tertiary/aromatic N) is 2. The summed E-state index contributed by atoms with van der Waals surface area (Å²) < 4.78 is 0. The molecule has 0 aromatic heterocycles. The van der Waals surface area contributed by atoms with E-state index < -0.39 is 0 Å². The van der Waals surface area contributed by atoms with Gasteiger partial charge in [-0.1, -0.05) is 45.9 Å². The van der Waals surface area contributed by atoms with E-state index >= 15 is 0 Å². The van der Waals surface area contributed by atoms with E-state index in [4.69, 9.17) is 0 Å². The first kappa shape index (κ1) is 23.5. The zero-order valence-electron chi connectivity index (χ0n) is 18.7. The number of rotatable bonds is 4. The molecule has 1 aliphatic carbocycles. The molecule has 3 rings (SSSR count). The van der Waals surface area contributed by atoms with Crippen LogP contribution in [0.1, 0.15) is 72.3 Å². The van der Waals surface area contributed by atoms with Crippen molar-refractivity contribution in [1.82, 2.24) is 4.90 Å². The smallest absolute Gasteiger partial charge is 0.0664 e. The number of aliphatic hydroxyl groups excluding tert-OH is 1. The van der Waals surface area contributed by atoms with Crippen molar-refractivity contribution in [2.75, 3.05) is 31.1 Å². The van der Waals surface area contributed by atoms with Gasteiger partial charge < -0.3 is 10.0 Å². The van der Waals surface area contributed by atoms with Crippen molar-refractivity contribution in [3.63, 3.8) is 0 Å². The van der Waals surface area contributed by atoms with Crippen molar-refractivity contribution in [2.24, 2.45) is 10.8 Å². The van der Waals surface area contributed by atoms with E-state index in [2.05, 4.69) is 68.7 Å². The van der Waals surface area contributed by atoms with Crippen LogP contribution >= 0.6 is 12.4 Å². The lowest BCUT2D eigenvalue weighted by molar-refractivity contribution is 0.0671. The van der Waals surface area contributed by atoms with Gasteiger partial charge in [-0.25, -0.2) is 0 Å². The zero-order chi connectivity index (χ0) is 19.8. The average Bonchev–Trinajstić information content (AvgIpc) is 2.58. The molecular weight excluding hydrogens is 368 g/mol. The number of benzene rings is 1. The van der Waals surface area contributed by atoms with Gasteiger partial charge in [-0.2, -0.15) is 0 Å². The van der Waals surface area contributed by atoms with Crippen LogP contribution in [0.5, 0.6) is 0 Å². The van der Waals surface area contributed by atoms with Crippen molar-refractivity contribution in [2.45, 2.75) is 78.9 Å². The van der Waals surface area contributed by atoms with Gasteiger partial charge in [0, 0.05) is 37.9 Å². The highest BCUT2D eigenvalue weighted by Crippen LogP contribution is 2.53. The summed E-state index contributed by atoms with van der Waals surface area (Å²) in [6, 6.07) is 9.37. The van der Waals surface area contributed by atoms with Gasteiger partial charge in [-0.05, 0) is 61.5 Å². The molecule has 28 heavy (non-hydrogen) atoms. The summed E-state index contributed by atoms with van der Waals surface area (Å²) in [5.74, 6) is 0.648. The Morgan fingerprint density at radius 3 is 2.00 bits per heavy atom. The molecule has 1 saturated heterocycles. The van der Waals surface area contributed by atoms with Crippen molar-refractivity contribution in [3.05, 3.63) is 29.8 Å². The fourth-order valence-corrected chi connectivity index (χ4v) is 5.86. The normalized spacial score (nSPS) is 25.0. The molecule has 0 amide bonds. The third kappa shape index (κ3) is 5.43. The standard InChI is InChI=1S/C24H40N2O.ClH/c1-18(19(2)27)25-11-13-26(14-12-25)22-10-8-7-9-21(22)20-15-23(3,4)17-24(5,6)16-20;/h7-10,18-20,27H,11-17H2,1-6H3;1H. The second-order valence-corrected chi connectivity index (χ2v) is 10.7. The van der Waals surface area contributed by atoms with Gasteiger partial charge in [-0.3, -0.25) is 4.90 Å². The first-order valence-corrected chi connectivity index (χ1v) is 10.8. The minimum absolute atomic E-state index is 0. The highest BCUT2D eigenvalue weighted by Gasteiger charge is 2.40. The number of piperazine rings is 1. The van der Waals surface area contributed by atoms with E-state index in [1.807, 2.05) is 6.92 Å². The monoisotopic (exact) mass is 408 g/mol. The van der Waals surface area contributed by atoms with Crippen molar-refractivity contribution < 1.29 is 5.11 Å². The lowest BCUT2D eigenvalue weighted by Crippen LogP contribution is -2.52. The molecule has 0 radical (unpaired) electrons. The predicted molar refractivity (Wildman–Crippen MR) is 123 cm³/mol. The molecule has 1 heterocycles. The Balaban J connectivity index is 0.00000280. The van der Waals surface area contributed by atoms with E-state index in [0.717, 1.165) is 26.2 Å². The fraction of sp³-hybridized carbons (Fsp3) is 0.750. The molecule has 1 aliphatic heterocycles. The van der Waals surface area contributed by atoms with E-state index in [0.29, 0.717) is 16.7 Å². The van der Waals surface area contributed by atoms with Crippen LogP contribution in [0.3, 0.4) is 0 Å². The highest BCUT2D eigenvalue weighted by molar-refractivity contribution is 5.85. The lowest BCUT2D eigenvalue weighted by atomic mass is 9.60. The Hall–Kier alpha value is -0.770. The van der Waals surface area contributed by atoms with Gasteiger partial charge in [0.1, 0.15) is 0 Å². The zero-order valence-corrected chi connectivity index (χ0v) is 19.6. The van der Waals surface area contributed by atoms with Crippen LogP contribution < -0.4 is 4.90 Å². The number of aliphatic hydroxyl groups is 1. The molecule has 2 fully saturated rings. The molecule has 1 aromatic carbocycles. The van der Waals surface area contributed by atoms with Crippen LogP contribution in [-0.4, -0.2) is 48.3 Å². The summed E-state index contributed by atoms with van der Waals surface area (Å²) in [6.07, 6.45) is 3.61. The second-order valence-electron chi connectivity index (χ2n) is 10.7. The van der Waals surface area contributed by atoms with Gasteiger partial charge in [0.2, 0.25) is 0 Å². The molecule has 3 nitrogen and oxygen atoms in total. The number of hydrogen-bond donors (Lipinski definition) is 1. The van der Waals surface area contributed by atoms with E-state index in [-0.39, 0.29) is 24.6 Å². The van der Waals surface area contributed by atoms with Crippen LogP contribution in [0.2, 0.25) is 0 Å². The lowest BCUT2D eigenvalue weighted by Gasteiger charge is -2.46. The van der Waals surface area contributed by atoms with Crippen LogP contribution in [0, 0.1) is 10.8 Å². The topological polar surface area (TPSA) is 26.7 Å². The Kier molecular flexibility index (Phi) is 7.50. The van der Waals surface area contributed by atoms with Crippen LogP contribution in [-0.2, 0) is 0 Å². The van der Waals surface area contributed by atoms with Crippen LogP contribution in [0.15, 0.2) is 24.3 Å². The molecule has 1 N–H and O–H groups in total. The van der Waals surface area contributed by atoms with E-state index in [1.165, 1.54) is 24.9 Å². The van der Waals surface area contributed by atoms with Gasteiger partial charge >= 0.3 is 0 Å². The number of hydrogen-bond acceptors (Lipinski definition) is 3. The highest BCUT2D eigenvalue weighted by atomic mass is 35.5. The molecule has 2 unspecified atom stereocenters. The first-order chi connectivity index (χ1) is 12.6. The average molecular weight is 409 g/mol. The predicted octanol–water partition coefficient (Wildman–Crippen LogP) is 5.32. The van der Waals surface area contributed by atoms with Crippen molar-refractivity contribution >= 4 is 18.1 Å². The van der Waals surface area contributed by atoms with Gasteiger partial charge in [0.25, 0.3) is 0 Å². The summed E-state index contributed by atoms with van der Waals surface area (Å²) in [5, 5.41) is 9.91. The molecule has 2 aliphatic rings. The quantitative estimate of drug-likeness (QED) is 0.730. The maximum Gasteiger partial charge on any atom is 0.0664 e. The molecule has 1 aromatic rings. The summed E-state index contributed by atoms with van der Waals surface area (Å²) >= 11 is 0. The summed E-state index contributed by atoms with van der Waals surface area (Å²) in [5.41, 5.74) is 3.81. The molecule has 2 atom stereocenters. The van der Waals surface area contributed by atoms with E-state index in [1.54, 1.807) is 5.56 Å². The molecule has 0 spiro atoms. The molecular formula is C24H41ClN2O. The Morgan fingerprint density at radius 2 is 1.46 bits per heavy atom. The van der Waals surface area contributed by atoms with Gasteiger partial charge in [-0.15, -0.1) is 12.4 Å². The van der Waals surface area contributed by atoms with Crippen LogP contribution in [0.25, 0.3) is 0 Å². The van der Waals surface area contributed by atoms with Crippen molar-refractivity contribution in [1.29, 1.82) is 0 Å². The Bertz CT molecular complexity index is 619. The van der Waals surface area contributed by atoms with Crippen LogP contribution in [0.4, 0.5) is 5.69 Å². The maximum absolute atomic E-state index is 9.91. The molecule has 0 bridgehead atoms. The van der Waals surface area contributed by atoms with Gasteiger partial charge in [0.05, 0.1) is 6.10 Å². The second kappa shape index (κ2) is 8.93. The number of anilines is 1. The Morgan fingerprint density at radius 1 is 0.929 bits per heavy atom. The SMILES string of the molecule is CC(O)C(C)N1CCN(c2ccccc2C2CC(C)(C)CC(C)(C)C2)CC1.Cl. The molecule has 4 heteroatoms. The molecule has 160 valence electrons. The minimum Gasteiger partial charge on any atom is -0.392 e. The number of para-hydroxylation sites is 1. The molecule has 1 saturated carbocycles. The number of halogens is 1. The van der Waals surface area contributed by atoms with Gasteiger partial charge in [0.15, 0.2) is 0 Å². The third-order valence-electron chi connectivity index (χ3n) is 6.86.